The summed E-state index contributed by atoms with van der Waals surface area (Å²) in [6.45, 7) is 0. The second-order valence-electron chi connectivity index (χ2n) is 7.24. The van der Waals surface area contributed by atoms with Crippen LogP contribution in [0.3, 0.4) is 0 Å². The predicted octanol–water partition coefficient (Wildman–Crippen LogP) is 5.24. The van der Waals surface area contributed by atoms with Crippen LogP contribution in [0.15, 0.2) is 107 Å². The molecule has 0 radical (unpaired) electrons. The molecule has 0 atom stereocenters. The number of sulfone groups is 1. The third kappa shape index (κ3) is 5.59. The van der Waals surface area contributed by atoms with Gasteiger partial charge in [-0.3, -0.25) is 0 Å². The Bertz CT molecular complexity index is 1350. The van der Waals surface area contributed by atoms with E-state index < -0.39 is 33.4 Å². The Balaban J connectivity index is 1.44. The summed E-state index contributed by atoms with van der Waals surface area (Å²) in [5, 5.41) is 0. The van der Waals surface area contributed by atoms with E-state index in [0.29, 0.717) is 0 Å². The van der Waals surface area contributed by atoms with Crippen LogP contribution in [-0.2, 0) is 9.84 Å². The third-order valence-corrected chi connectivity index (χ3v) is 6.63. The van der Waals surface area contributed by atoms with Gasteiger partial charge in [0.15, 0.2) is 0 Å². The molecule has 0 unspecified atom stereocenters. The highest BCUT2D eigenvalue weighted by molar-refractivity contribution is 7.91. The molecule has 0 bridgehead atoms. The maximum atomic E-state index is 13.0. The van der Waals surface area contributed by atoms with Crippen LogP contribution in [0, 0.1) is 11.6 Å². The highest BCUT2D eigenvalue weighted by Gasteiger charge is 2.19. The molecule has 0 heterocycles. The normalized spacial score (nSPS) is 11.0. The summed E-state index contributed by atoms with van der Waals surface area (Å²) < 4.78 is 62.2. The number of benzene rings is 4. The van der Waals surface area contributed by atoms with Gasteiger partial charge in [0.25, 0.3) is 0 Å². The van der Waals surface area contributed by atoms with Gasteiger partial charge in [-0.2, -0.15) is 0 Å². The lowest BCUT2D eigenvalue weighted by atomic mass is 10.2. The molecule has 4 aromatic carbocycles. The minimum atomic E-state index is -3.91. The van der Waals surface area contributed by atoms with Crippen molar-refractivity contribution in [2.24, 2.45) is 0 Å². The SMILES string of the molecule is O=C(Oc1ccc(S(=O)(=O)c2ccc(OC(=O)c3ccc(F)cc3)cc2)cc1)c1ccc(F)cc1. The molecule has 0 amide bonds. The molecule has 0 aliphatic heterocycles. The highest BCUT2D eigenvalue weighted by atomic mass is 32.2. The lowest BCUT2D eigenvalue weighted by Crippen LogP contribution is -2.09. The Morgan fingerprint density at radius 2 is 0.829 bits per heavy atom. The van der Waals surface area contributed by atoms with Gasteiger partial charge >= 0.3 is 11.9 Å². The molecule has 0 aromatic heterocycles. The first kappa shape index (κ1) is 23.8. The molecule has 9 heteroatoms. The molecule has 0 N–H and O–H groups in total. The van der Waals surface area contributed by atoms with Crippen molar-refractivity contribution in [3.05, 3.63) is 120 Å². The summed E-state index contributed by atoms with van der Waals surface area (Å²) in [6, 6.07) is 20.0. The van der Waals surface area contributed by atoms with Crippen LogP contribution in [0.2, 0.25) is 0 Å². The maximum absolute atomic E-state index is 13.0. The van der Waals surface area contributed by atoms with Crippen LogP contribution >= 0.6 is 0 Å². The third-order valence-electron chi connectivity index (χ3n) is 4.85. The lowest BCUT2D eigenvalue weighted by molar-refractivity contribution is 0.0725. The Morgan fingerprint density at radius 3 is 1.14 bits per heavy atom. The molecule has 35 heavy (non-hydrogen) atoms. The van der Waals surface area contributed by atoms with E-state index in [1.165, 1.54) is 72.8 Å². The maximum Gasteiger partial charge on any atom is 0.343 e. The first-order chi connectivity index (χ1) is 16.7. The second-order valence-corrected chi connectivity index (χ2v) is 9.19. The molecule has 0 spiro atoms. The van der Waals surface area contributed by atoms with E-state index in [1.807, 2.05) is 0 Å². The molecule has 4 rings (SSSR count). The summed E-state index contributed by atoms with van der Waals surface area (Å²) in [7, 11) is -3.91. The fraction of sp³-hybridized carbons (Fsp3) is 0. The number of hydrogen-bond acceptors (Lipinski definition) is 6. The quantitative estimate of drug-likeness (QED) is 0.269. The summed E-state index contributed by atoms with van der Waals surface area (Å²) in [6.07, 6.45) is 0. The first-order valence-electron chi connectivity index (χ1n) is 10.1. The smallest absolute Gasteiger partial charge is 0.343 e. The van der Waals surface area contributed by atoms with Crippen LogP contribution in [0.25, 0.3) is 0 Å². The molecule has 0 saturated carbocycles. The number of carbonyl (C=O) groups is 2. The van der Waals surface area contributed by atoms with Crippen molar-refractivity contribution >= 4 is 21.8 Å². The predicted molar refractivity (Wildman–Crippen MR) is 121 cm³/mol. The Morgan fingerprint density at radius 1 is 0.514 bits per heavy atom. The summed E-state index contributed by atoms with van der Waals surface area (Å²) >= 11 is 0. The van der Waals surface area contributed by atoms with Gasteiger partial charge in [-0.1, -0.05) is 0 Å². The standard InChI is InChI=1S/C26H16F2O6S/c27-19-5-1-17(2-6-19)25(29)33-21-9-13-23(14-10-21)35(31,32)24-15-11-22(12-16-24)34-26(30)18-3-7-20(28)8-4-18/h1-16H. The number of ether oxygens (including phenoxy) is 2. The van der Waals surface area contributed by atoms with E-state index in [0.717, 1.165) is 24.3 Å². The van der Waals surface area contributed by atoms with Gasteiger partial charge in [0.1, 0.15) is 23.1 Å². The molecule has 0 fully saturated rings. The van der Waals surface area contributed by atoms with Crippen LogP contribution in [-0.4, -0.2) is 20.4 Å². The van der Waals surface area contributed by atoms with Crippen LogP contribution < -0.4 is 9.47 Å². The van der Waals surface area contributed by atoms with Gasteiger partial charge in [0, 0.05) is 0 Å². The molecule has 6 nitrogen and oxygen atoms in total. The second kappa shape index (κ2) is 9.86. The average molecular weight is 494 g/mol. The topological polar surface area (TPSA) is 86.7 Å². The monoisotopic (exact) mass is 494 g/mol. The van der Waals surface area contributed by atoms with Gasteiger partial charge in [-0.15, -0.1) is 0 Å². The van der Waals surface area contributed by atoms with Crippen molar-refractivity contribution in [3.8, 4) is 11.5 Å². The number of rotatable bonds is 6. The summed E-state index contributed by atoms with van der Waals surface area (Å²) in [5.41, 5.74) is 0.284. The molecule has 0 aliphatic rings. The fourth-order valence-corrected chi connectivity index (χ4v) is 4.27. The van der Waals surface area contributed by atoms with Gasteiger partial charge < -0.3 is 9.47 Å². The minimum Gasteiger partial charge on any atom is -0.423 e. The van der Waals surface area contributed by atoms with Crippen LogP contribution in [0.4, 0.5) is 8.78 Å². The Kier molecular flexibility index (Phi) is 6.70. The van der Waals surface area contributed by atoms with Crippen molar-refractivity contribution in [1.29, 1.82) is 0 Å². The number of carbonyl (C=O) groups excluding carboxylic acids is 2. The van der Waals surface area contributed by atoms with Gasteiger partial charge in [0.05, 0.1) is 20.9 Å². The zero-order chi connectivity index (χ0) is 25.0. The van der Waals surface area contributed by atoms with E-state index in [4.69, 9.17) is 9.47 Å². The van der Waals surface area contributed by atoms with E-state index in [-0.39, 0.29) is 32.4 Å². The summed E-state index contributed by atoms with van der Waals surface area (Å²) in [5.74, 6) is -2.19. The van der Waals surface area contributed by atoms with Crippen molar-refractivity contribution in [3.63, 3.8) is 0 Å². The fourth-order valence-electron chi connectivity index (χ4n) is 3.01. The number of halogens is 2. The number of esters is 2. The Hall–Kier alpha value is -4.37. The molecular weight excluding hydrogens is 478 g/mol. The Labute approximate surface area is 199 Å². The first-order valence-corrected chi connectivity index (χ1v) is 11.6. The van der Waals surface area contributed by atoms with Gasteiger partial charge in [-0.05, 0) is 97.1 Å². The molecule has 4 aromatic rings. The molecule has 0 aliphatic carbocycles. The van der Waals surface area contributed by atoms with Crippen LogP contribution in [0.1, 0.15) is 20.7 Å². The molecule has 176 valence electrons. The summed E-state index contributed by atoms with van der Waals surface area (Å²) in [4.78, 5) is 24.2. The van der Waals surface area contributed by atoms with Crippen molar-refractivity contribution < 1.29 is 36.3 Å². The van der Waals surface area contributed by atoms with E-state index >= 15 is 0 Å². The van der Waals surface area contributed by atoms with Gasteiger partial charge in [0.2, 0.25) is 9.84 Å². The average Bonchev–Trinajstić information content (AvgIpc) is 2.85. The molecular formula is C26H16F2O6S. The zero-order valence-electron chi connectivity index (χ0n) is 17.9. The van der Waals surface area contributed by atoms with Crippen molar-refractivity contribution in [2.45, 2.75) is 9.79 Å². The number of hydrogen-bond donors (Lipinski definition) is 0. The highest BCUT2D eigenvalue weighted by Crippen LogP contribution is 2.25. The zero-order valence-corrected chi connectivity index (χ0v) is 18.7. The minimum absolute atomic E-state index is 0.0462. The lowest BCUT2D eigenvalue weighted by Gasteiger charge is -2.08. The largest absolute Gasteiger partial charge is 0.423 e. The molecule has 0 saturated heterocycles. The van der Waals surface area contributed by atoms with Crippen LogP contribution in [0.5, 0.6) is 11.5 Å². The van der Waals surface area contributed by atoms with E-state index in [1.54, 1.807) is 0 Å². The van der Waals surface area contributed by atoms with E-state index in [9.17, 15) is 26.8 Å². The van der Waals surface area contributed by atoms with Crippen molar-refractivity contribution in [1.82, 2.24) is 0 Å². The van der Waals surface area contributed by atoms with E-state index in [2.05, 4.69) is 0 Å². The van der Waals surface area contributed by atoms with Gasteiger partial charge in [-0.25, -0.2) is 26.8 Å². The van der Waals surface area contributed by atoms with Crippen molar-refractivity contribution in [2.75, 3.05) is 0 Å².